The fourth-order valence-corrected chi connectivity index (χ4v) is 8.05. The second kappa shape index (κ2) is 17.1. The first-order valence-corrected chi connectivity index (χ1v) is 18.7. The Morgan fingerprint density at radius 1 is 0.860 bits per heavy atom. The smallest absolute Gasteiger partial charge is 0.264 e. The van der Waals surface area contributed by atoms with Crippen LogP contribution in [0.25, 0.3) is 0 Å². The van der Waals surface area contributed by atoms with Crippen molar-refractivity contribution < 1.29 is 27.5 Å². The lowest BCUT2D eigenvalue weighted by molar-refractivity contribution is -0.140. The fourth-order valence-electron chi connectivity index (χ4n) is 6.16. The third-order valence-electron chi connectivity index (χ3n) is 8.86. The van der Waals surface area contributed by atoms with Crippen LogP contribution < -0.4 is 19.1 Å². The predicted octanol–water partition coefficient (Wildman–Crippen LogP) is 7.29. The number of amides is 2. The van der Waals surface area contributed by atoms with Crippen molar-refractivity contribution in [1.29, 1.82) is 0 Å². The molecule has 0 heterocycles. The minimum Gasteiger partial charge on any atom is -0.497 e. The number of methoxy groups -OCH3 is 2. The van der Waals surface area contributed by atoms with E-state index in [0.29, 0.717) is 21.4 Å². The molecule has 5 rings (SSSR count). The van der Waals surface area contributed by atoms with Crippen molar-refractivity contribution in [2.45, 2.75) is 62.0 Å². The number of hydrogen-bond acceptors (Lipinski definition) is 6. The molecule has 0 unspecified atom stereocenters. The summed E-state index contributed by atoms with van der Waals surface area (Å²) in [6, 6.07) is 25.8. The van der Waals surface area contributed by atoms with Crippen LogP contribution in [0.15, 0.2) is 102 Å². The van der Waals surface area contributed by atoms with Gasteiger partial charge in [-0.15, -0.1) is 0 Å². The third kappa shape index (κ3) is 9.10. The molecule has 0 radical (unpaired) electrons. The lowest BCUT2D eigenvalue weighted by Gasteiger charge is -2.35. The molecule has 1 atom stereocenters. The number of nitrogens with zero attached hydrogens (tertiary/aromatic N) is 2. The molecular formula is C38H41Cl2N3O6S. The number of carbonyl (C=O) groups excluding carboxylic acids is 2. The lowest BCUT2D eigenvalue weighted by Crippen LogP contribution is -2.55. The van der Waals surface area contributed by atoms with E-state index in [9.17, 15) is 18.0 Å². The Kier molecular flexibility index (Phi) is 12.7. The van der Waals surface area contributed by atoms with Gasteiger partial charge in [-0.2, -0.15) is 0 Å². The maximum atomic E-state index is 14.8. The zero-order chi connectivity index (χ0) is 35.7. The van der Waals surface area contributed by atoms with Gasteiger partial charge in [-0.05, 0) is 72.5 Å². The highest BCUT2D eigenvalue weighted by Crippen LogP contribution is 2.33. The maximum absolute atomic E-state index is 14.8. The lowest BCUT2D eigenvalue weighted by atomic mass is 9.94. The van der Waals surface area contributed by atoms with Crippen molar-refractivity contribution >= 4 is 50.7 Å². The number of sulfonamides is 1. The highest BCUT2D eigenvalue weighted by molar-refractivity contribution is 7.92. The van der Waals surface area contributed by atoms with Gasteiger partial charge in [0.15, 0.2) is 0 Å². The van der Waals surface area contributed by atoms with E-state index in [1.165, 1.54) is 43.4 Å². The molecule has 1 fully saturated rings. The third-order valence-corrected chi connectivity index (χ3v) is 11.2. The van der Waals surface area contributed by atoms with Crippen LogP contribution in [0.2, 0.25) is 10.0 Å². The van der Waals surface area contributed by atoms with Crippen LogP contribution in [0.3, 0.4) is 0 Å². The Labute approximate surface area is 304 Å². The van der Waals surface area contributed by atoms with E-state index in [2.05, 4.69) is 5.32 Å². The fraction of sp³-hybridized carbons (Fsp3) is 0.316. The van der Waals surface area contributed by atoms with E-state index in [-0.39, 0.29) is 41.2 Å². The topological polar surface area (TPSA) is 105 Å². The van der Waals surface area contributed by atoms with Gasteiger partial charge in [0.1, 0.15) is 24.1 Å². The Hall–Kier alpha value is -4.25. The van der Waals surface area contributed by atoms with E-state index in [4.69, 9.17) is 32.7 Å². The molecule has 264 valence electrons. The van der Waals surface area contributed by atoms with Crippen LogP contribution in [0, 0.1) is 0 Å². The van der Waals surface area contributed by atoms with Crippen molar-refractivity contribution in [2.24, 2.45) is 0 Å². The van der Waals surface area contributed by atoms with Gasteiger partial charge < -0.3 is 19.7 Å². The van der Waals surface area contributed by atoms with E-state index < -0.39 is 28.5 Å². The highest BCUT2D eigenvalue weighted by atomic mass is 35.5. The molecule has 1 aliphatic carbocycles. The monoisotopic (exact) mass is 737 g/mol. The number of para-hydroxylation sites is 2. The molecule has 2 amide bonds. The second-order valence-corrected chi connectivity index (χ2v) is 14.9. The quantitative estimate of drug-likeness (QED) is 0.146. The minimum absolute atomic E-state index is 0.0221. The van der Waals surface area contributed by atoms with Gasteiger partial charge in [0.2, 0.25) is 11.8 Å². The number of halogens is 2. The Bertz CT molecular complexity index is 1870. The Morgan fingerprint density at radius 3 is 2.20 bits per heavy atom. The van der Waals surface area contributed by atoms with E-state index in [0.717, 1.165) is 42.0 Å². The van der Waals surface area contributed by atoms with Gasteiger partial charge in [-0.3, -0.25) is 13.9 Å². The zero-order valence-corrected chi connectivity index (χ0v) is 30.4. The molecule has 50 heavy (non-hydrogen) atoms. The van der Waals surface area contributed by atoms with E-state index in [1.807, 2.05) is 30.3 Å². The first-order chi connectivity index (χ1) is 24.1. The standard InChI is InChI=1S/C38H41Cl2N3O6S/c1-48-31-19-21-32(22-20-31)50(46,47)43(34-15-9-10-16-36(34)49-2)26-37(44)42(25-28-17-18-29(39)24-33(28)40)35(23-27-11-5-3-6-12-27)38(45)41-30-13-7-4-8-14-30/h3,5-6,9-12,15-22,24,30,35H,4,7-8,13-14,23,25-26H2,1-2H3,(H,41,45)/t35-/m0/s1. The van der Waals surface area contributed by atoms with Crippen molar-refractivity contribution in [3.05, 3.63) is 118 Å². The summed E-state index contributed by atoms with van der Waals surface area (Å²) in [5.41, 5.74) is 1.55. The van der Waals surface area contributed by atoms with Gasteiger partial charge in [0.25, 0.3) is 10.0 Å². The molecule has 0 aromatic heterocycles. The molecule has 0 aliphatic heterocycles. The summed E-state index contributed by atoms with van der Waals surface area (Å²) in [6.45, 7) is -0.714. The summed E-state index contributed by atoms with van der Waals surface area (Å²) in [6.07, 6.45) is 5.02. The van der Waals surface area contributed by atoms with Crippen molar-refractivity contribution in [3.8, 4) is 11.5 Å². The van der Waals surface area contributed by atoms with Gasteiger partial charge >= 0.3 is 0 Å². The molecule has 0 spiro atoms. The first kappa shape index (κ1) is 37.0. The number of hydrogen-bond donors (Lipinski definition) is 1. The van der Waals surface area contributed by atoms with Gasteiger partial charge in [0, 0.05) is 29.1 Å². The van der Waals surface area contributed by atoms with Crippen LogP contribution in [0.1, 0.15) is 43.2 Å². The second-order valence-electron chi connectivity index (χ2n) is 12.2. The summed E-state index contributed by atoms with van der Waals surface area (Å²) in [4.78, 5) is 30.5. The Morgan fingerprint density at radius 2 is 1.54 bits per heavy atom. The largest absolute Gasteiger partial charge is 0.497 e. The van der Waals surface area contributed by atoms with Crippen LogP contribution in [0.5, 0.6) is 11.5 Å². The van der Waals surface area contributed by atoms with Crippen LogP contribution in [0.4, 0.5) is 5.69 Å². The minimum atomic E-state index is -4.35. The SMILES string of the molecule is COc1ccc(S(=O)(=O)N(CC(=O)N(Cc2ccc(Cl)cc2Cl)[C@@H](Cc2ccccc2)C(=O)NC2CCCCC2)c2ccccc2OC)cc1. The normalized spacial score (nSPS) is 14.0. The molecule has 0 bridgehead atoms. The molecular weight excluding hydrogens is 697 g/mol. The number of anilines is 1. The van der Waals surface area contributed by atoms with Gasteiger partial charge in [-0.1, -0.05) is 91.0 Å². The van der Waals surface area contributed by atoms with Gasteiger partial charge in [-0.25, -0.2) is 8.42 Å². The van der Waals surface area contributed by atoms with Crippen molar-refractivity contribution in [3.63, 3.8) is 0 Å². The number of ether oxygens (including phenoxy) is 2. The number of carbonyl (C=O) groups is 2. The number of rotatable bonds is 14. The van der Waals surface area contributed by atoms with Crippen LogP contribution >= 0.6 is 23.2 Å². The number of nitrogens with one attached hydrogen (secondary N) is 1. The molecule has 9 nitrogen and oxygen atoms in total. The van der Waals surface area contributed by atoms with E-state index >= 15 is 0 Å². The summed E-state index contributed by atoms with van der Waals surface area (Å²) < 4.78 is 40.6. The Balaban J connectivity index is 1.60. The van der Waals surface area contributed by atoms with Crippen molar-refractivity contribution in [1.82, 2.24) is 10.2 Å². The molecule has 4 aromatic carbocycles. The molecule has 1 N–H and O–H groups in total. The predicted molar refractivity (Wildman–Crippen MR) is 196 cm³/mol. The van der Waals surface area contributed by atoms with Crippen LogP contribution in [-0.2, 0) is 32.6 Å². The molecule has 1 saturated carbocycles. The average Bonchev–Trinajstić information content (AvgIpc) is 3.13. The molecule has 4 aromatic rings. The average molecular weight is 739 g/mol. The van der Waals surface area contributed by atoms with E-state index in [1.54, 1.807) is 42.5 Å². The summed E-state index contributed by atoms with van der Waals surface area (Å²) in [5, 5.41) is 3.93. The number of benzene rings is 4. The van der Waals surface area contributed by atoms with Crippen molar-refractivity contribution in [2.75, 3.05) is 25.1 Å². The maximum Gasteiger partial charge on any atom is 0.264 e. The summed E-state index contributed by atoms with van der Waals surface area (Å²) >= 11 is 12.9. The zero-order valence-electron chi connectivity index (χ0n) is 28.1. The van der Waals surface area contributed by atoms with Crippen LogP contribution in [-0.4, -0.2) is 58.0 Å². The highest BCUT2D eigenvalue weighted by Gasteiger charge is 2.36. The molecule has 0 saturated heterocycles. The molecule has 1 aliphatic rings. The molecule has 12 heteroatoms. The summed E-state index contributed by atoms with van der Waals surface area (Å²) in [5.74, 6) is -0.206. The van der Waals surface area contributed by atoms with Gasteiger partial charge in [0.05, 0.1) is 24.8 Å². The summed E-state index contributed by atoms with van der Waals surface area (Å²) in [7, 11) is -1.43. The first-order valence-electron chi connectivity index (χ1n) is 16.5.